The van der Waals surface area contributed by atoms with Crippen molar-refractivity contribution in [3.63, 3.8) is 0 Å². The molecule has 0 spiro atoms. The van der Waals surface area contributed by atoms with Gasteiger partial charge in [0, 0.05) is 0 Å². The van der Waals surface area contributed by atoms with Crippen LogP contribution >= 0.6 is 0 Å². The summed E-state index contributed by atoms with van der Waals surface area (Å²) < 4.78 is 1.60. The molecule has 1 amide bonds. The number of rotatable bonds is 0. The Labute approximate surface area is 47.5 Å². The highest BCUT2D eigenvalue weighted by molar-refractivity contribution is 5.95. The lowest BCUT2D eigenvalue weighted by atomic mass is 10.6. The summed E-state index contributed by atoms with van der Waals surface area (Å²) in [5.74, 6) is 2.68. The molecule has 0 aromatic rings. The van der Waals surface area contributed by atoms with E-state index in [1.54, 1.807) is 18.8 Å². The zero-order valence-electron chi connectivity index (χ0n) is 4.88. The lowest BCUT2D eigenvalue weighted by Crippen LogP contribution is -2.28. The van der Waals surface area contributed by atoms with Gasteiger partial charge in [-0.1, -0.05) is 4.68 Å². The van der Waals surface area contributed by atoms with Gasteiger partial charge in [0.2, 0.25) is 5.87 Å². The van der Waals surface area contributed by atoms with Crippen molar-refractivity contribution < 1.29 is 9.48 Å². The van der Waals surface area contributed by atoms with Crippen molar-refractivity contribution >= 4 is 11.8 Å². The van der Waals surface area contributed by atoms with Gasteiger partial charge in [-0.15, -0.1) is 5.01 Å². The largest absolute Gasteiger partial charge is 0.314 e. The minimum atomic E-state index is -0.0208. The van der Waals surface area contributed by atoms with Gasteiger partial charge in [-0.3, -0.25) is 4.79 Å². The maximum Gasteiger partial charge on any atom is 0.314 e. The standard InChI is InChI=1S/C5H7N2O/c1-6-4-3-5(8)7(6)2/h3H,1-2H3/q+1. The van der Waals surface area contributed by atoms with Crippen LogP contribution in [0.1, 0.15) is 0 Å². The van der Waals surface area contributed by atoms with Gasteiger partial charge in [0.15, 0.2) is 7.05 Å². The number of hydrogen-bond donors (Lipinski definition) is 0. The fraction of sp³-hybridized carbons (Fsp3) is 0.400. The molecule has 1 rings (SSSR count). The molecule has 42 valence electrons. The van der Waals surface area contributed by atoms with E-state index in [1.165, 1.54) is 11.1 Å². The first-order valence-electron chi connectivity index (χ1n) is 2.32. The van der Waals surface area contributed by atoms with E-state index in [4.69, 9.17) is 0 Å². The SMILES string of the molecule is CN1C(=O)C=C=[N+]1C. The average Bonchev–Trinajstić information content (AvgIpc) is 1.98. The summed E-state index contributed by atoms with van der Waals surface area (Å²) in [6.07, 6.45) is 1.40. The molecule has 3 nitrogen and oxygen atoms in total. The van der Waals surface area contributed by atoms with Gasteiger partial charge < -0.3 is 0 Å². The smallest absolute Gasteiger partial charge is 0.263 e. The Morgan fingerprint density at radius 1 is 1.88 bits per heavy atom. The summed E-state index contributed by atoms with van der Waals surface area (Å²) in [5, 5.41) is 1.47. The second kappa shape index (κ2) is 1.46. The normalized spacial score (nSPS) is 17.5. The fourth-order valence-electron chi connectivity index (χ4n) is 0.476. The Bertz CT molecular complexity index is 189. The maximum atomic E-state index is 10.6. The molecular weight excluding hydrogens is 104 g/mol. The molecule has 0 atom stereocenters. The molecule has 0 radical (unpaired) electrons. The fourth-order valence-corrected chi connectivity index (χ4v) is 0.476. The Hall–Kier alpha value is -1.08. The van der Waals surface area contributed by atoms with Gasteiger partial charge in [-0.2, -0.15) is 0 Å². The van der Waals surface area contributed by atoms with Crippen LogP contribution in [0, 0.1) is 0 Å². The van der Waals surface area contributed by atoms with Crippen molar-refractivity contribution in [2.24, 2.45) is 0 Å². The van der Waals surface area contributed by atoms with Gasteiger partial charge >= 0.3 is 5.91 Å². The van der Waals surface area contributed by atoms with Crippen LogP contribution in [0.25, 0.3) is 0 Å². The third-order valence-electron chi connectivity index (χ3n) is 1.14. The van der Waals surface area contributed by atoms with E-state index in [1.807, 2.05) is 0 Å². The van der Waals surface area contributed by atoms with Crippen molar-refractivity contribution in [2.75, 3.05) is 14.1 Å². The number of hydrazone groups is 1. The summed E-state index contributed by atoms with van der Waals surface area (Å²) in [7, 11) is 3.46. The molecule has 0 fully saturated rings. The highest BCUT2D eigenvalue weighted by Gasteiger charge is 2.18. The molecule has 0 aromatic carbocycles. The summed E-state index contributed by atoms with van der Waals surface area (Å²) in [4.78, 5) is 10.6. The predicted molar refractivity (Wildman–Crippen MR) is 28.5 cm³/mol. The molecule has 1 aliphatic rings. The van der Waals surface area contributed by atoms with E-state index in [-0.39, 0.29) is 5.91 Å². The summed E-state index contributed by atoms with van der Waals surface area (Å²) >= 11 is 0. The van der Waals surface area contributed by atoms with Crippen LogP contribution in [-0.2, 0) is 4.79 Å². The molecule has 0 bridgehead atoms. The van der Waals surface area contributed by atoms with Crippen LogP contribution in [0.5, 0.6) is 0 Å². The summed E-state index contributed by atoms with van der Waals surface area (Å²) in [5.41, 5.74) is 0. The van der Waals surface area contributed by atoms with Crippen LogP contribution in [0.4, 0.5) is 0 Å². The minimum Gasteiger partial charge on any atom is -0.263 e. The molecule has 0 aromatic heterocycles. The Kier molecular flexibility index (Phi) is 0.922. The first kappa shape index (κ1) is 5.06. The molecule has 1 heterocycles. The molecule has 0 aliphatic carbocycles. The van der Waals surface area contributed by atoms with Crippen molar-refractivity contribution in [1.82, 2.24) is 5.01 Å². The van der Waals surface area contributed by atoms with Gasteiger partial charge in [-0.05, 0) is 0 Å². The van der Waals surface area contributed by atoms with Crippen LogP contribution < -0.4 is 0 Å². The van der Waals surface area contributed by atoms with E-state index in [2.05, 4.69) is 5.87 Å². The topological polar surface area (TPSA) is 23.3 Å². The van der Waals surface area contributed by atoms with Gasteiger partial charge in [0.25, 0.3) is 0 Å². The van der Waals surface area contributed by atoms with E-state index in [9.17, 15) is 4.79 Å². The summed E-state index contributed by atoms with van der Waals surface area (Å²) in [6.45, 7) is 0. The van der Waals surface area contributed by atoms with Gasteiger partial charge in [0.05, 0.1) is 7.05 Å². The first-order chi connectivity index (χ1) is 3.72. The van der Waals surface area contributed by atoms with Crippen molar-refractivity contribution in [1.29, 1.82) is 0 Å². The van der Waals surface area contributed by atoms with Gasteiger partial charge in [-0.25, -0.2) is 0 Å². The molecule has 8 heavy (non-hydrogen) atoms. The summed E-state index contributed by atoms with van der Waals surface area (Å²) in [6, 6.07) is 0. The van der Waals surface area contributed by atoms with Crippen molar-refractivity contribution in [3.8, 4) is 0 Å². The van der Waals surface area contributed by atoms with Crippen LogP contribution in [0.3, 0.4) is 0 Å². The minimum absolute atomic E-state index is 0.0208. The second-order valence-corrected chi connectivity index (χ2v) is 1.66. The van der Waals surface area contributed by atoms with E-state index in [0.29, 0.717) is 0 Å². The number of likely N-dealkylation sites (N-methyl/N-ethyl adjacent to an activating group) is 1. The number of hydrogen-bond acceptors (Lipinski definition) is 1. The lowest BCUT2D eigenvalue weighted by Gasteiger charge is -1.98. The molecule has 1 aliphatic heterocycles. The molecule has 0 unspecified atom stereocenters. The van der Waals surface area contributed by atoms with E-state index < -0.39 is 0 Å². The van der Waals surface area contributed by atoms with Crippen molar-refractivity contribution in [2.45, 2.75) is 0 Å². The maximum absolute atomic E-state index is 10.6. The number of nitrogens with zero attached hydrogens (tertiary/aromatic N) is 2. The van der Waals surface area contributed by atoms with E-state index in [0.717, 1.165) is 0 Å². The molecule has 3 heteroatoms. The third kappa shape index (κ3) is 0.532. The second-order valence-electron chi connectivity index (χ2n) is 1.66. The van der Waals surface area contributed by atoms with Crippen LogP contribution in [0.15, 0.2) is 6.08 Å². The predicted octanol–water partition coefficient (Wildman–Crippen LogP) is -0.758. The molecule has 0 N–H and O–H groups in total. The number of carbonyl (C=O) groups excluding carboxylic acids is 1. The number of amides is 1. The monoisotopic (exact) mass is 111 g/mol. The van der Waals surface area contributed by atoms with E-state index >= 15 is 0 Å². The molecule has 0 saturated carbocycles. The zero-order valence-corrected chi connectivity index (χ0v) is 4.88. The van der Waals surface area contributed by atoms with Crippen LogP contribution in [0.2, 0.25) is 0 Å². The molecular formula is C5H7N2O+. The highest BCUT2D eigenvalue weighted by atomic mass is 16.2. The lowest BCUT2D eigenvalue weighted by molar-refractivity contribution is -0.631. The average molecular weight is 111 g/mol. The highest BCUT2D eigenvalue weighted by Crippen LogP contribution is 1.87. The Balaban J connectivity index is 2.88. The number of carbonyl (C=O) groups is 1. The zero-order chi connectivity index (χ0) is 6.15. The molecule has 0 saturated heterocycles. The van der Waals surface area contributed by atoms with Gasteiger partial charge in [0.1, 0.15) is 6.08 Å². The third-order valence-corrected chi connectivity index (χ3v) is 1.14. The first-order valence-corrected chi connectivity index (χ1v) is 2.32. The van der Waals surface area contributed by atoms with Crippen LogP contribution in [-0.4, -0.2) is 35.6 Å². The number of hydrazine groups is 1. The van der Waals surface area contributed by atoms with Crippen molar-refractivity contribution in [3.05, 3.63) is 6.08 Å². The Morgan fingerprint density at radius 2 is 2.50 bits per heavy atom. The Morgan fingerprint density at radius 3 is 2.62 bits per heavy atom. The quantitative estimate of drug-likeness (QED) is 0.377.